The lowest BCUT2D eigenvalue weighted by atomic mass is 10.1. The fourth-order valence-electron chi connectivity index (χ4n) is 3.41. The predicted octanol–water partition coefficient (Wildman–Crippen LogP) is 2.70. The van der Waals surface area contributed by atoms with Gasteiger partial charge in [0, 0.05) is 29.3 Å². The number of nitrogens with zero attached hydrogens (tertiary/aromatic N) is 2. The number of nitrogens with one attached hydrogen (secondary N) is 1. The van der Waals surface area contributed by atoms with Crippen molar-refractivity contribution in [1.82, 2.24) is 10.3 Å². The number of benzene rings is 2. The number of hydrogen-bond donors (Lipinski definition) is 2. The van der Waals surface area contributed by atoms with E-state index in [1.807, 2.05) is 30.3 Å². The van der Waals surface area contributed by atoms with Crippen LogP contribution in [0.2, 0.25) is 0 Å². The highest BCUT2D eigenvalue weighted by Crippen LogP contribution is 2.38. The first-order valence-corrected chi connectivity index (χ1v) is 9.66. The number of carboxylic acids is 1. The molecule has 1 aliphatic heterocycles. The van der Waals surface area contributed by atoms with Crippen molar-refractivity contribution in [3.05, 3.63) is 58.0 Å². The van der Waals surface area contributed by atoms with Crippen LogP contribution in [-0.2, 0) is 11.2 Å². The van der Waals surface area contributed by atoms with Crippen LogP contribution in [0.15, 0.2) is 41.8 Å². The van der Waals surface area contributed by atoms with Gasteiger partial charge < -0.3 is 10.4 Å². The van der Waals surface area contributed by atoms with Crippen LogP contribution in [0.5, 0.6) is 0 Å². The second-order valence-corrected chi connectivity index (χ2v) is 7.45. The molecule has 7 nitrogen and oxygen atoms in total. The van der Waals surface area contributed by atoms with Crippen LogP contribution in [0.25, 0.3) is 10.8 Å². The Hall–Kier alpha value is -3.26. The molecule has 4 rings (SSSR count). The van der Waals surface area contributed by atoms with Gasteiger partial charge in [-0.25, -0.2) is 9.78 Å². The topological polar surface area (TPSA) is 99.6 Å². The highest BCUT2D eigenvalue weighted by Gasteiger charge is 2.35. The summed E-state index contributed by atoms with van der Waals surface area (Å²) in [5.74, 6) is -1.52. The first kappa shape index (κ1) is 18.1. The quantitative estimate of drug-likeness (QED) is 0.669. The van der Waals surface area contributed by atoms with Crippen molar-refractivity contribution in [3.8, 4) is 0 Å². The molecule has 0 radical (unpaired) electrons. The third kappa shape index (κ3) is 3.01. The zero-order valence-electron chi connectivity index (χ0n) is 15.0. The SMILES string of the molecule is C[C@H](C(=O)NCCc1nc(C(=O)O)cs1)N1C(=O)c2cccc3cccc1c23. The second-order valence-electron chi connectivity index (χ2n) is 6.50. The summed E-state index contributed by atoms with van der Waals surface area (Å²) >= 11 is 1.24. The van der Waals surface area contributed by atoms with E-state index in [0.29, 0.717) is 23.5 Å². The molecule has 0 bridgehead atoms. The van der Waals surface area contributed by atoms with Crippen molar-refractivity contribution < 1.29 is 19.5 Å². The molecule has 28 heavy (non-hydrogen) atoms. The molecule has 2 aromatic carbocycles. The van der Waals surface area contributed by atoms with Crippen LogP contribution in [-0.4, -0.2) is 40.5 Å². The molecule has 142 valence electrons. The number of thiazole rings is 1. The molecule has 0 spiro atoms. The highest BCUT2D eigenvalue weighted by molar-refractivity contribution is 7.09. The van der Waals surface area contributed by atoms with Gasteiger partial charge in [-0.3, -0.25) is 14.5 Å². The van der Waals surface area contributed by atoms with Gasteiger partial charge in [-0.1, -0.05) is 24.3 Å². The first-order valence-electron chi connectivity index (χ1n) is 8.78. The third-order valence-corrected chi connectivity index (χ3v) is 5.68. The Kier molecular flexibility index (Phi) is 4.56. The maximum absolute atomic E-state index is 12.9. The van der Waals surface area contributed by atoms with Gasteiger partial charge in [-0.15, -0.1) is 11.3 Å². The summed E-state index contributed by atoms with van der Waals surface area (Å²) in [6, 6.07) is 10.6. The van der Waals surface area contributed by atoms with Crippen molar-refractivity contribution in [2.24, 2.45) is 0 Å². The highest BCUT2D eigenvalue weighted by atomic mass is 32.1. The van der Waals surface area contributed by atoms with E-state index in [0.717, 1.165) is 16.5 Å². The number of carboxylic acid groups (broad SMARTS) is 1. The van der Waals surface area contributed by atoms with Crippen molar-refractivity contribution in [2.45, 2.75) is 19.4 Å². The van der Waals surface area contributed by atoms with Crippen LogP contribution in [0.1, 0.15) is 32.8 Å². The average Bonchev–Trinajstić information content (AvgIpc) is 3.27. The van der Waals surface area contributed by atoms with E-state index in [1.165, 1.54) is 21.6 Å². The molecular weight excluding hydrogens is 378 g/mol. The molecule has 0 saturated carbocycles. The fraction of sp³-hybridized carbons (Fsp3) is 0.200. The fourth-order valence-corrected chi connectivity index (χ4v) is 4.18. The summed E-state index contributed by atoms with van der Waals surface area (Å²) in [6.07, 6.45) is 0.431. The zero-order valence-corrected chi connectivity index (χ0v) is 15.8. The standard InChI is InChI=1S/C20H17N3O4S/c1-11(18(24)21-9-8-16-22-14(10-28-16)20(26)27)23-15-7-3-5-12-4-2-6-13(17(12)15)19(23)25/h2-7,10-11H,8-9H2,1H3,(H,21,24)(H,26,27)/t11-/m1/s1. The number of rotatable bonds is 6. The Morgan fingerprint density at radius 2 is 2.00 bits per heavy atom. The predicted molar refractivity (Wildman–Crippen MR) is 106 cm³/mol. The lowest BCUT2D eigenvalue weighted by Gasteiger charge is -2.24. The second kappa shape index (κ2) is 7.05. The molecule has 0 unspecified atom stereocenters. The van der Waals surface area contributed by atoms with Gasteiger partial charge in [0.25, 0.3) is 5.91 Å². The first-order chi connectivity index (χ1) is 13.5. The number of carbonyl (C=O) groups excluding carboxylic acids is 2. The van der Waals surface area contributed by atoms with E-state index in [2.05, 4.69) is 10.3 Å². The van der Waals surface area contributed by atoms with Crippen LogP contribution in [0, 0.1) is 0 Å². The summed E-state index contributed by atoms with van der Waals surface area (Å²) in [4.78, 5) is 41.9. The normalized spacial score (nSPS) is 13.8. The van der Waals surface area contributed by atoms with Crippen LogP contribution in [0.4, 0.5) is 5.69 Å². The number of aromatic carboxylic acids is 1. The molecule has 3 aromatic rings. The van der Waals surface area contributed by atoms with Crippen LogP contribution < -0.4 is 10.2 Å². The number of aromatic nitrogens is 1. The molecule has 1 aromatic heterocycles. The monoisotopic (exact) mass is 395 g/mol. The third-order valence-electron chi connectivity index (χ3n) is 4.77. The molecule has 0 aliphatic carbocycles. The van der Waals surface area contributed by atoms with Crippen molar-refractivity contribution in [1.29, 1.82) is 0 Å². The zero-order chi connectivity index (χ0) is 19.8. The van der Waals surface area contributed by atoms with E-state index in [4.69, 9.17) is 5.11 Å². The molecule has 1 atom stereocenters. The summed E-state index contributed by atoms with van der Waals surface area (Å²) in [5.41, 5.74) is 1.36. The van der Waals surface area contributed by atoms with E-state index >= 15 is 0 Å². The Morgan fingerprint density at radius 3 is 2.71 bits per heavy atom. The summed E-state index contributed by atoms with van der Waals surface area (Å²) in [6.45, 7) is 2.01. The van der Waals surface area contributed by atoms with Gasteiger partial charge in [0.1, 0.15) is 6.04 Å². The summed E-state index contributed by atoms with van der Waals surface area (Å²) < 4.78 is 0. The maximum Gasteiger partial charge on any atom is 0.355 e. The smallest absolute Gasteiger partial charge is 0.355 e. The number of anilines is 1. The average molecular weight is 395 g/mol. The number of carbonyl (C=O) groups is 3. The van der Waals surface area contributed by atoms with E-state index in [-0.39, 0.29) is 17.5 Å². The van der Waals surface area contributed by atoms with Crippen LogP contribution >= 0.6 is 11.3 Å². The molecular formula is C20H17N3O4S. The Labute approximate surface area is 164 Å². The molecule has 1 aliphatic rings. The maximum atomic E-state index is 12.9. The van der Waals surface area contributed by atoms with Gasteiger partial charge >= 0.3 is 5.97 Å². The van der Waals surface area contributed by atoms with Gasteiger partial charge in [-0.2, -0.15) is 0 Å². The van der Waals surface area contributed by atoms with E-state index in [1.54, 1.807) is 13.0 Å². The number of hydrogen-bond acceptors (Lipinski definition) is 5. The van der Waals surface area contributed by atoms with Gasteiger partial charge in [0.2, 0.25) is 5.91 Å². The van der Waals surface area contributed by atoms with Crippen LogP contribution in [0.3, 0.4) is 0 Å². The lowest BCUT2D eigenvalue weighted by molar-refractivity contribution is -0.121. The Balaban J connectivity index is 1.45. The molecule has 2 N–H and O–H groups in total. The summed E-state index contributed by atoms with van der Waals surface area (Å²) in [7, 11) is 0. The molecule has 2 amide bonds. The largest absolute Gasteiger partial charge is 0.476 e. The van der Waals surface area contributed by atoms with Crippen molar-refractivity contribution >= 4 is 45.6 Å². The van der Waals surface area contributed by atoms with E-state index < -0.39 is 12.0 Å². The molecule has 0 fully saturated rings. The minimum absolute atomic E-state index is 0.00761. The summed E-state index contributed by atoms with van der Waals surface area (Å²) in [5, 5.41) is 15.7. The number of amides is 2. The minimum Gasteiger partial charge on any atom is -0.476 e. The molecule has 2 heterocycles. The Bertz CT molecular complexity index is 1100. The minimum atomic E-state index is -1.07. The van der Waals surface area contributed by atoms with Gasteiger partial charge in [-0.05, 0) is 24.4 Å². The Morgan fingerprint density at radius 1 is 1.25 bits per heavy atom. The molecule has 0 saturated heterocycles. The molecule has 8 heteroatoms. The van der Waals surface area contributed by atoms with Crippen molar-refractivity contribution in [2.75, 3.05) is 11.4 Å². The lowest BCUT2D eigenvalue weighted by Crippen LogP contribution is -2.47. The van der Waals surface area contributed by atoms with Crippen molar-refractivity contribution in [3.63, 3.8) is 0 Å². The van der Waals surface area contributed by atoms with Gasteiger partial charge in [0.15, 0.2) is 5.69 Å². The van der Waals surface area contributed by atoms with E-state index in [9.17, 15) is 14.4 Å². The van der Waals surface area contributed by atoms with Gasteiger partial charge in [0.05, 0.1) is 10.7 Å².